The van der Waals surface area contributed by atoms with Crippen molar-refractivity contribution >= 4 is 38.1 Å². The molecule has 1 heterocycles. The SMILES string of the molecule is CCCS(=O)(=O)Nc1ccc(S(=O)(=O)NC2CCNC2)cc1F.Cl. The molecule has 7 nitrogen and oxygen atoms in total. The second-order valence-corrected chi connectivity index (χ2v) is 8.93. The van der Waals surface area contributed by atoms with Gasteiger partial charge < -0.3 is 5.32 Å². The van der Waals surface area contributed by atoms with E-state index in [0.717, 1.165) is 18.7 Å². The molecular weight excluding hydrogens is 381 g/mol. The predicted octanol–water partition coefficient (Wildman–Crippen LogP) is 1.04. The maximum Gasteiger partial charge on any atom is 0.240 e. The van der Waals surface area contributed by atoms with Gasteiger partial charge in [0.05, 0.1) is 16.3 Å². The summed E-state index contributed by atoms with van der Waals surface area (Å²) in [6.07, 6.45) is 1.05. The number of anilines is 1. The monoisotopic (exact) mass is 401 g/mol. The van der Waals surface area contributed by atoms with Crippen molar-refractivity contribution in [3.05, 3.63) is 24.0 Å². The van der Waals surface area contributed by atoms with E-state index >= 15 is 0 Å². The van der Waals surface area contributed by atoms with Crippen molar-refractivity contribution in [1.82, 2.24) is 10.0 Å². The van der Waals surface area contributed by atoms with E-state index in [0.29, 0.717) is 19.4 Å². The number of rotatable bonds is 7. The van der Waals surface area contributed by atoms with Gasteiger partial charge in [-0.05, 0) is 37.6 Å². The summed E-state index contributed by atoms with van der Waals surface area (Å²) < 4.78 is 66.3. The Labute approximate surface area is 147 Å². The Hall–Kier alpha value is -0.940. The lowest BCUT2D eigenvalue weighted by Gasteiger charge is -2.13. The van der Waals surface area contributed by atoms with E-state index in [-0.39, 0.29) is 34.8 Å². The van der Waals surface area contributed by atoms with Crippen LogP contribution in [0.25, 0.3) is 0 Å². The van der Waals surface area contributed by atoms with Crippen LogP contribution >= 0.6 is 12.4 Å². The minimum absolute atomic E-state index is 0. The second-order valence-electron chi connectivity index (χ2n) is 5.37. The highest BCUT2D eigenvalue weighted by Crippen LogP contribution is 2.20. The molecule has 0 bridgehead atoms. The third-order valence-corrected chi connectivity index (χ3v) is 6.37. The molecule has 1 saturated heterocycles. The Balaban J connectivity index is 0.00000288. The topological polar surface area (TPSA) is 104 Å². The number of hydrogen-bond acceptors (Lipinski definition) is 5. The molecule has 0 radical (unpaired) electrons. The van der Waals surface area contributed by atoms with E-state index in [4.69, 9.17) is 0 Å². The molecule has 0 aliphatic carbocycles. The lowest BCUT2D eigenvalue weighted by Crippen LogP contribution is -2.36. The van der Waals surface area contributed by atoms with Gasteiger partial charge in [0.1, 0.15) is 5.82 Å². The van der Waals surface area contributed by atoms with Gasteiger partial charge in [-0.2, -0.15) is 0 Å². The Kier molecular flexibility index (Phi) is 7.42. The number of sulfonamides is 2. The zero-order valence-electron chi connectivity index (χ0n) is 13.1. The number of nitrogens with one attached hydrogen (secondary N) is 3. The van der Waals surface area contributed by atoms with Crippen molar-refractivity contribution in [3.63, 3.8) is 0 Å². The average Bonchev–Trinajstić information content (AvgIpc) is 2.92. The average molecular weight is 402 g/mol. The third kappa shape index (κ3) is 5.55. The van der Waals surface area contributed by atoms with Crippen LogP contribution < -0.4 is 14.8 Å². The van der Waals surface area contributed by atoms with Gasteiger partial charge in [-0.1, -0.05) is 6.92 Å². The first-order chi connectivity index (χ1) is 10.7. The number of hydrogen-bond donors (Lipinski definition) is 3. The van der Waals surface area contributed by atoms with Gasteiger partial charge in [-0.25, -0.2) is 25.9 Å². The maximum atomic E-state index is 14.0. The highest BCUT2D eigenvalue weighted by molar-refractivity contribution is 7.92. The summed E-state index contributed by atoms with van der Waals surface area (Å²) in [7, 11) is -7.48. The lowest BCUT2D eigenvalue weighted by molar-refractivity contribution is 0.558. The molecule has 1 atom stereocenters. The van der Waals surface area contributed by atoms with Crippen LogP contribution in [0.2, 0.25) is 0 Å². The normalized spacial score (nSPS) is 18.2. The molecule has 1 aromatic carbocycles. The third-order valence-electron chi connectivity index (χ3n) is 3.37. The van der Waals surface area contributed by atoms with Crippen LogP contribution in [0.15, 0.2) is 23.1 Å². The molecule has 138 valence electrons. The number of benzene rings is 1. The summed E-state index contributed by atoms with van der Waals surface area (Å²) in [6.45, 7) is 2.94. The molecule has 0 spiro atoms. The first kappa shape index (κ1) is 21.1. The van der Waals surface area contributed by atoms with E-state index in [2.05, 4.69) is 14.8 Å². The maximum absolute atomic E-state index is 14.0. The summed E-state index contributed by atoms with van der Waals surface area (Å²) in [4.78, 5) is -0.236. The highest BCUT2D eigenvalue weighted by atomic mass is 35.5. The molecule has 0 saturated carbocycles. The molecule has 0 amide bonds. The fourth-order valence-electron chi connectivity index (χ4n) is 2.28. The van der Waals surface area contributed by atoms with Gasteiger partial charge in [0.25, 0.3) is 0 Å². The molecule has 24 heavy (non-hydrogen) atoms. The standard InChI is InChI=1S/C13H20FN3O4S2.ClH/c1-2-7-22(18,19)17-13-4-3-11(8-12(13)14)23(20,21)16-10-5-6-15-9-10;/h3-4,8,10,15-17H,2,5-7,9H2,1H3;1H. The molecule has 1 aromatic rings. The molecule has 0 aromatic heterocycles. The summed E-state index contributed by atoms with van der Waals surface area (Å²) >= 11 is 0. The van der Waals surface area contributed by atoms with Crippen LogP contribution in [0.4, 0.5) is 10.1 Å². The fourth-order valence-corrected chi connectivity index (χ4v) is 4.70. The molecule has 1 aliphatic rings. The van der Waals surface area contributed by atoms with Crippen molar-refractivity contribution in [1.29, 1.82) is 0 Å². The Morgan fingerprint density at radius 3 is 2.54 bits per heavy atom. The first-order valence-corrected chi connectivity index (χ1v) is 10.4. The summed E-state index contributed by atoms with van der Waals surface area (Å²) in [5, 5.41) is 3.03. The van der Waals surface area contributed by atoms with Gasteiger partial charge in [0.2, 0.25) is 20.0 Å². The van der Waals surface area contributed by atoms with Gasteiger partial charge in [-0.15, -0.1) is 12.4 Å². The van der Waals surface area contributed by atoms with E-state index < -0.39 is 25.9 Å². The lowest BCUT2D eigenvalue weighted by atomic mass is 10.3. The van der Waals surface area contributed by atoms with Crippen LogP contribution in [-0.4, -0.2) is 41.7 Å². The molecule has 2 rings (SSSR count). The van der Waals surface area contributed by atoms with E-state index in [1.165, 1.54) is 6.07 Å². The highest BCUT2D eigenvalue weighted by Gasteiger charge is 2.24. The number of halogens is 2. The van der Waals surface area contributed by atoms with Crippen LogP contribution in [0.3, 0.4) is 0 Å². The zero-order valence-corrected chi connectivity index (χ0v) is 15.5. The molecule has 3 N–H and O–H groups in total. The van der Waals surface area contributed by atoms with Gasteiger partial charge in [-0.3, -0.25) is 4.72 Å². The Morgan fingerprint density at radius 1 is 1.29 bits per heavy atom. The zero-order chi connectivity index (χ0) is 17.1. The van der Waals surface area contributed by atoms with Crippen molar-refractivity contribution in [2.24, 2.45) is 0 Å². The smallest absolute Gasteiger partial charge is 0.240 e. The van der Waals surface area contributed by atoms with E-state index in [9.17, 15) is 21.2 Å². The van der Waals surface area contributed by atoms with Crippen molar-refractivity contribution in [2.75, 3.05) is 23.6 Å². The van der Waals surface area contributed by atoms with Gasteiger partial charge in [0, 0.05) is 12.6 Å². The molecule has 11 heteroatoms. The largest absolute Gasteiger partial charge is 0.315 e. The molecular formula is C13H21ClFN3O4S2. The summed E-state index contributed by atoms with van der Waals surface area (Å²) in [5.41, 5.74) is -0.264. The van der Waals surface area contributed by atoms with Crippen LogP contribution in [-0.2, 0) is 20.0 Å². The van der Waals surface area contributed by atoms with E-state index in [1.54, 1.807) is 6.92 Å². The first-order valence-electron chi connectivity index (χ1n) is 7.26. The van der Waals surface area contributed by atoms with E-state index in [1.807, 2.05) is 0 Å². The minimum Gasteiger partial charge on any atom is -0.315 e. The molecule has 1 unspecified atom stereocenters. The van der Waals surface area contributed by atoms with Crippen molar-refractivity contribution < 1.29 is 21.2 Å². The quantitative estimate of drug-likeness (QED) is 0.633. The van der Waals surface area contributed by atoms with Gasteiger partial charge >= 0.3 is 0 Å². The van der Waals surface area contributed by atoms with Crippen LogP contribution in [0, 0.1) is 5.82 Å². The second kappa shape index (κ2) is 8.43. The van der Waals surface area contributed by atoms with Crippen molar-refractivity contribution in [2.45, 2.75) is 30.7 Å². The van der Waals surface area contributed by atoms with Crippen LogP contribution in [0.5, 0.6) is 0 Å². The predicted molar refractivity (Wildman–Crippen MR) is 92.9 cm³/mol. The summed E-state index contributed by atoms with van der Waals surface area (Å²) in [6, 6.07) is 2.88. The summed E-state index contributed by atoms with van der Waals surface area (Å²) in [5.74, 6) is -1.07. The van der Waals surface area contributed by atoms with Gasteiger partial charge in [0.15, 0.2) is 0 Å². The Bertz CT molecular complexity index is 765. The molecule has 1 fully saturated rings. The fraction of sp³-hybridized carbons (Fsp3) is 0.538. The van der Waals surface area contributed by atoms with Crippen molar-refractivity contribution in [3.8, 4) is 0 Å². The Morgan fingerprint density at radius 2 is 2.00 bits per heavy atom. The molecule has 1 aliphatic heterocycles. The van der Waals surface area contributed by atoms with Crippen LogP contribution in [0.1, 0.15) is 19.8 Å². The minimum atomic E-state index is -3.84.